The Kier molecular flexibility index (Phi) is 3.95. The van der Waals surface area contributed by atoms with Gasteiger partial charge >= 0.3 is 0 Å². The van der Waals surface area contributed by atoms with Gasteiger partial charge in [0, 0.05) is 0 Å². The smallest absolute Gasteiger partial charge is 0.265 e. The van der Waals surface area contributed by atoms with Crippen LogP contribution in [0.3, 0.4) is 0 Å². The molecular weight excluding hydrogens is 366 g/mol. The molecule has 0 saturated carbocycles. The van der Waals surface area contributed by atoms with Gasteiger partial charge in [0.1, 0.15) is 5.84 Å². The lowest BCUT2D eigenvalue weighted by Gasteiger charge is -2.20. The summed E-state index contributed by atoms with van der Waals surface area (Å²) in [5, 5.41) is 0. The van der Waals surface area contributed by atoms with Crippen LogP contribution in [0.1, 0.15) is 20.8 Å². The van der Waals surface area contributed by atoms with Crippen molar-refractivity contribution < 1.29 is 21.6 Å². The van der Waals surface area contributed by atoms with Gasteiger partial charge in [-0.25, -0.2) is 21.1 Å². The van der Waals surface area contributed by atoms with Gasteiger partial charge in [0.05, 0.1) is 34.8 Å². The minimum absolute atomic E-state index is 0.0241. The Bertz CT molecular complexity index is 963. The summed E-state index contributed by atoms with van der Waals surface area (Å²) in [6.45, 7) is 5.46. The molecule has 1 aromatic carbocycles. The van der Waals surface area contributed by atoms with Crippen LogP contribution in [0.15, 0.2) is 34.2 Å². The second-order valence-corrected chi connectivity index (χ2v) is 10.4. The molecule has 10 heteroatoms. The number of amidine groups is 1. The number of anilines is 1. The average molecular weight is 385 g/mol. The van der Waals surface area contributed by atoms with Crippen LogP contribution in [0.4, 0.5) is 5.69 Å². The number of benzene rings is 1. The highest BCUT2D eigenvalue weighted by atomic mass is 32.2. The molecule has 1 saturated heterocycles. The zero-order valence-electron chi connectivity index (χ0n) is 14.1. The number of sulfonamides is 2. The summed E-state index contributed by atoms with van der Waals surface area (Å²) in [4.78, 5) is 16.5. The maximum absolute atomic E-state index is 12.6. The lowest BCUT2D eigenvalue weighted by atomic mass is 9.95. The molecule has 2 heterocycles. The van der Waals surface area contributed by atoms with Gasteiger partial charge in [-0.3, -0.25) is 14.1 Å². The average Bonchev–Trinajstić information content (AvgIpc) is 2.99. The van der Waals surface area contributed by atoms with Crippen molar-refractivity contribution in [1.82, 2.24) is 4.31 Å². The fourth-order valence-corrected chi connectivity index (χ4v) is 6.55. The first-order valence-corrected chi connectivity index (χ1v) is 10.7. The Morgan fingerprint density at radius 1 is 1.16 bits per heavy atom. The van der Waals surface area contributed by atoms with Gasteiger partial charge in [-0.1, -0.05) is 0 Å². The van der Waals surface area contributed by atoms with Crippen LogP contribution in [0.5, 0.6) is 0 Å². The molecule has 2 aliphatic heterocycles. The fraction of sp³-hybridized carbons (Fsp3) is 0.467. The number of carbonyl (C=O) groups excluding carboxylic acids is 1. The van der Waals surface area contributed by atoms with E-state index < -0.39 is 31.4 Å². The highest BCUT2D eigenvalue weighted by molar-refractivity contribution is 7.94. The van der Waals surface area contributed by atoms with Crippen LogP contribution in [0.25, 0.3) is 0 Å². The Hall–Kier alpha value is -1.94. The van der Waals surface area contributed by atoms with E-state index >= 15 is 0 Å². The molecule has 0 bridgehead atoms. The summed E-state index contributed by atoms with van der Waals surface area (Å²) < 4.78 is 51.8. The van der Waals surface area contributed by atoms with E-state index in [0.717, 1.165) is 4.31 Å². The summed E-state index contributed by atoms with van der Waals surface area (Å²) in [6.07, 6.45) is 0. The molecule has 25 heavy (non-hydrogen) atoms. The molecule has 0 atom stereocenters. The number of rotatable bonds is 3. The van der Waals surface area contributed by atoms with Crippen molar-refractivity contribution in [3.63, 3.8) is 0 Å². The molecule has 1 fully saturated rings. The number of carbonyl (C=O) groups is 1. The zero-order chi connectivity index (χ0) is 18.6. The summed E-state index contributed by atoms with van der Waals surface area (Å²) >= 11 is 0. The standard InChI is InChI=1S/C15H19N3O5S2/c1-11-16-8-9-17(11)25(22,23)13-6-4-12(5-7-13)18-14(19)15(2,3)10-24(18,20)21/h4-7H,8-10H2,1-3H3. The second-order valence-electron chi connectivity index (χ2n) is 6.71. The minimum Gasteiger partial charge on any atom is -0.273 e. The highest BCUT2D eigenvalue weighted by Gasteiger charge is 2.49. The number of nitrogens with zero attached hydrogens (tertiary/aromatic N) is 3. The number of hydrogen-bond acceptors (Lipinski definition) is 6. The van der Waals surface area contributed by atoms with Crippen molar-refractivity contribution in [2.75, 3.05) is 23.1 Å². The van der Waals surface area contributed by atoms with Crippen molar-refractivity contribution in [3.05, 3.63) is 24.3 Å². The van der Waals surface area contributed by atoms with Crippen LogP contribution in [-0.2, 0) is 24.8 Å². The van der Waals surface area contributed by atoms with E-state index in [9.17, 15) is 21.6 Å². The molecule has 2 aliphatic rings. The van der Waals surface area contributed by atoms with Crippen molar-refractivity contribution in [2.45, 2.75) is 25.7 Å². The normalized spacial score (nSPS) is 22.4. The molecule has 136 valence electrons. The topological polar surface area (TPSA) is 104 Å². The SMILES string of the molecule is CC1=NCCN1S(=O)(=O)c1ccc(N2C(=O)C(C)(C)CS2(=O)=O)cc1. The molecule has 0 unspecified atom stereocenters. The maximum atomic E-state index is 12.6. The van der Waals surface area contributed by atoms with E-state index in [0.29, 0.717) is 12.4 Å². The summed E-state index contributed by atoms with van der Waals surface area (Å²) in [6, 6.07) is 5.30. The van der Waals surface area contributed by atoms with Crippen molar-refractivity contribution in [1.29, 1.82) is 0 Å². The third-order valence-electron chi connectivity index (χ3n) is 4.25. The van der Waals surface area contributed by atoms with Crippen LogP contribution < -0.4 is 4.31 Å². The van der Waals surface area contributed by atoms with Gasteiger partial charge in [-0.15, -0.1) is 0 Å². The molecule has 0 radical (unpaired) electrons. The van der Waals surface area contributed by atoms with Crippen LogP contribution in [0, 0.1) is 5.41 Å². The molecule has 0 N–H and O–H groups in total. The zero-order valence-corrected chi connectivity index (χ0v) is 15.8. The number of aliphatic imine (C=N–C) groups is 1. The molecule has 0 aliphatic carbocycles. The number of hydrogen-bond donors (Lipinski definition) is 0. The molecule has 1 amide bonds. The van der Waals surface area contributed by atoms with Gasteiger partial charge in [0.25, 0.3) is 10.0 Å². The molecular formula is C15H19N3O5S2. The minimum atomic E-state index is -3.76. The van der Waals surface area contributed by atoms with E-state index in [-0.39, 0.29) is 22.9 Å². The quantitative estimate of drug-likeness (QED) is 0.766. The van der Waals surface area contributed by atoms with Gasteiger partial charge in [-0.05, 0) is 45.0 Å². The maximum Gasteiger partial charge on any atom is 0.265 e. The predicted molar refractivity (Wildman–Crippen MR) is 93.4 cm³/mol. The predicted octanol–water partition coefficient (Wildman–Crippen LogP) is 0.812. The number of amides is 1. The second kappa shape index (κ2) is 5.53. The van der Waals surface area contributed by atoms with E-state index in [1.807, 2.05) is 0 Å². The Morgan fingerprint density at radius 3 is 2.20 bits per heavy atom. The van der Waals surface area contributed by atoms with Crippen LogP contribution >= 0.6 is 0 Å². The van der Waals surface area contributed by atoms with Crippen molar-refractivity contribution >= 4 is 37.5 Å². The first-order chi connectivity index (χ1) is 11.5. The Labute approximate surface area is 147 Å². The van der Waals surface area contributed by atoms with Crippen molar-refractivity contribution in [2.24, 2.45) is 10.4 Å². The van der Waals surface area contributed by atoms with Crippen molar-refractivity contribution in [3.8, 4) is 0 Å². The summed E-state index contributed by atoms with van der Waals surface area (Å²) in [5.41, 5.74) is -0.867. The van der Waals surface area contributed by atoms with Gasteiger partial charge in [0.15, 0.2) is 0 Å². The molecule has 1 aromatic rings. The molecule has 3 rings (SSSR count). The lowest BCUT2D eigenvalue weighted by molar-refractivity contribution is -0.123. The van der Waals surface area contributed by atoms with Gasteiger partial charge in [0.2, 0.25) is 15.9 Å². The Balaban J connectivity index is 1.96. The molecule has 0 aromatic heterocycles. The third-order valence-corrected chi connectivity index (χ3v) is 8.16. The first-order valence-electron chi connectivity index (χ1n) is 7.68. The van der Waals surface area contributed by atoms with E-state index in [4.69, 9.17) is 0 Å². The van der Waals surface area contributed by atoms with E-state index in [2.05, 4.69) is 4.99 Å². The monoisotopic (exact) mass is 385 g/mol. The van der Waals surface area contributed by atoms with E-state index in [1.165, 1.54) is 28.6 Å². The lowest BCUT2D eigenvalue weighted by Crippen LogP contribution is -2.34. The van der Waals surface area contributed by atoms with Gasteiger partial charge in [-0.2, -0.15) is 0 Å². The summed E-state index contributed by atoms with van der Waals surface area (Å²) in [7, 11) is -7.51. The molecule has 8 nitrogen and oxygen atoms in total. The molecule has 0 spiro atoms. The van der Waals surface area contributed by atoms with Gasteiger partial charge < -0.3 is 0 Å². The summed E-state index contributed by atoms with van der Waals surface area (Å²) in [5.74, 6) is -0.378. The largest absolute Gasteiger partial charge is 0.273 e. The first kappa shape index (κ1) is 17.9. The highest BCUT2D eigenvalue weighted by Crippen LogP contribution is 2.36. The third kappa shape index (κ3) is 2.82. The van der Waals surface area contributed by atoms with E-state index in [1.54, 1.807) is 20.8 Å². The van der Waals surface area contributed by atoms with Crippen LogP contribution in [-0.4, -0.2) is 51.7 Å². The fourth-order valence-electron chi connectivity index (χ4n) is 2.98. The van der Waals surface area contributed by atoms with Crippen LogP contribution in [0.2, 0.25) is 0 Å². The Morgan fingerprint density at radius 2 is 1.76 bits per heavy atom.